The van der Waals surface area contributed by atoms with Gasteiger partial charge < -0.3 is 10.7 Å². The SMILES string of the molecule is Cl.N[C@@H](CCC(F)(F)F)c1ccc2[nH]ccc2c1. The molecule has 2 aromatic rings. The normalized spacial score (nSPS) is 13.3. The van der Waals surface area contributed by atoms with E-state index in [4.69, 9.17) is 5.73 Å². The monoisotopic (exact) mass is 278 g/mol. The molecule has 1 heterocycles. The van der Waals surface area contributed by atoms with Crippen molar-refractivity contribution in [1.82, 2.24) is 4.98 Å². The molecule has 0 spiro atoms. The number of aromatic nitrogens is 1. The summed E-state index contributed by atoms with van der Waals surface area (Å²) in [6.45, 7) is 0. The van der Waals surface area contributed by atoms with Gasteiger partial charge in [-0.2, -0.15) is 13.2 Å². The summed E-state index contributed by atoms with van der Waals surface area (Å²) >= 11 is 0. The number of benzene rings is 1. The molecule has 0 aliphatic rings. The van der Waals surface area contributed by atoms with Crippen molar-refractivity contribution in [3.05, 3.63) is 36.0 Å². The predicted octanol–water partition coefficient (Wildman–Crippen LogP) is 3.93. The molecule has 0 bridgehead atoms. The van der Waals surface area contributed by atoms with Gasteiger partial charge >= 0.3 is 6.18 Å². The van der Waals surface area contributed by atoms with Gasteiger partial charge in [-0.15, -0.1) is 12.4 Å². The standard InChI is InChI=1S/C12H13F3N2.ClH/c13-12(14,15)5-3-10(16)8-1-2-11-9(7-8)4-6-17-11;/h1-2,4,6-7,10,17H,3,5,16H2;1H/t10-;/m0./s1. The first-order chi connectivity index (χ1) is 7.96. The summed E-state index contributed by atoms with van der Waals surface area (Å²) in [6.07, 6.45) is -3.29. The van der Waals surface area contributed by atoms with E-state index in [2.05, 4.69) is 4.98 Å². The first-order valence-corrected chi connectivity index (χ1v) is 5.35. The number of nitrogens with two attached hydrogens (primary N) is 1. The van der Waals surface area contributed by atoms with Gasteiger partial charge in [-0.25, -0.2) is 0 Å². The first-order valence-electron chi connectivity index (χ1n) is 5.35. The van der Waals surface area contributed by atoms with Gasteiger partial charge in [0.2, 0.25) is 0 Å². The number of hydrogen-bond donors (Lipinski definition) is 2. The van der Waals surface area contributed by atoms with E-state index in [1.54, 1.807) is 12.3 Å². The van der Waals surface area contributed by atoms with E-state index in [9.17, 15) is 13.2 Å². The summed E-state index contributed by atoms with van der Waals surface area (Å²) < 4.78 is 36.2. The molecule has 0 unspecified atom stereocenters. The molecule has 100 valence electrons. The molecular weight excluding hydrogens is 265 g/mol. The maximum Gasteiger partial charge on any atom is 0.389 e. The Balaban J connectivity index is 0.00000162. The fourth-order valence-corrected chi connectivity index (χ4v) is 1.79. The molecule has 2 rings (SSSR count). The minimum Gasteiger partial charge on any atom is -0.361 e. The lowest BCUT2D eigenvalue weighted by Gasteiger charge is -2.13. The smallest absolute Gasteiger partial charge is 0.361 e. The highest BCUT2D eigenvalue weighted by molar-refractivity contribution is 5.85. The molecule has 1 aromatic heterocycles. The quantitative estimate of drug-likeness (QED) is 0.877. The van der Waals surface area contributed by atoms with Crippen LogP contribution in [0, 0.1) is 0 Å². The molecule has 0 aliphatic carbocycles. The van der Waals surface area contributed by atoms with Gasteiger partial charge in [0.25, 0.3) is 0 Å². The molecule has 0 saturated heterocycles. The van der Waals surface area contributed by atoms with Crippen molar-refractivity contribution < 1.29 is 13.2 Å². The van der Waals surface area contributed by atoms with Crippen LogP contribution >= 0.6 is 12.4 Å². The topological polar surface area (TPSA) is 41.8 Å². The Hall–Kier alpha value is -1.20. The van der Waals surface area contributed by atoms with Crippen LogP contribution in [0.3, 0.4) is 0 Å². The van der Waals surface area contributed by atoms with Crippen molar-refractivity contribution in [2.24, 2.45) is 5.73 Å². The van der Waals surface area contributed by atoms with Crippen LogP contribution in [-0.4, -0.2) is 11.2 Å². The Morgan fingerprint density at radius 1 is 1.22 bits per heavy atom. The Morgan fingerprint density at radius 3 is 2.61 bits per heavy atom. The van der Waals surface area contributed by atoms with Crippen LogP contribution in [0.1, 0.15) is 24.4 Å². The van der Waals surface area contributed by atoms with E-state index in [-0.39, 0.29) is 18.8 Å². The van der Waals surface area contributed by atoms with Crippen LogP contribution in [0.4, 0.5) is 13.2 Å². The average molecular weight is 279 g/mol. The highest BCUT2D eigenvalue weighted by Gasteiger charge is 2.27. The summed E-state index contributed by atoms with van der Waals surface area (Å²) in [5.41, 5.74) is 7.44. The lowest BCUT2D eigenvalue weighted by Crippen LogP contribution is -2.15. The molecule has 1 aromatic carbocycles. The van der Waals surface area contributed by atoms with Gasteiger partial charge in [0.1, 0.15) is 0 Å². The van der Waals surface area contributed by atoms with Crippen LogP contribution in [0.5, 0.6) is 0 Å². The van der Waals surface area contributed by atoms with Gasteiger partial charge in [-0.1, -0.05) is 6.07 Å². The third-order valence-electron chi connectivity index (χ3n) is 2.74. The van der Waals surface area contributed by atoms with E-state index in [0.29, 0.717) is 0 Å². The van der Waals surface area contributed by atoms with Crippen molar-refractivity contribution in [3.63, 3.8) is 0 Å². The zero-order chi connectivity index (χ0) is 12.5. The minimum atomic E-state index is -4.14. The summed E-state index contributed by atoms with van der Waals surface area (Å²) in [4.78, 5) is 3.02. The summed E-state index contributed by atoms with van der Waals surface area (Å²) in [5.74, 6) is 0. The van der Waals surface area contributed by atoms with Crippen molar-refractivity contribution >= 4 is 23.3 Å². The van der Waals surface area contributed by atoms with E-state index in [0.717, 1.165) is 16.5 Å². The molecule has 0 radical (unpaired) electrons. The van der Waals surface area contributed by atoms with Crippen LogP contribution in [0.15, 0.2) is 30.5 Å². The zero-order valence-corrected chi connectivity index (χ0v) is 10.3. The zero-order valence-electron chi connectivity index (χ0n) is 9.50. The number of aromatic amines is 1. The first kappa shape index (κ1) is 14.9. The average Bonchev–Trinajstić information content (AvgIpc) is 2.71. The van der Waals surface area contributed by atoms with Gasteiger partial charge in [-0.3, -0.25) is 0 Å². The molecule has 1 atom stereocenters. The maximum absolute atomic E-state index is 12.1. The van der Waals surface area contributed by atoms with Crippen LogP contribution < -0.4 is 5.73 Å². The number of hydrogen-bond acceptors (Lipinski definition) is 1. The predicted molar refractivity (Wildman–Crippen MR) is 67.8 cm³/mol. The maximum atomic E-state index is 12.1. The second kappa shape index (κ2) is 5.63. The third kappa shape index (κ3) is 3.65. The van der Waals surface area contributed by atoms with E-state index >= 15 is 0 Å². The van der Waals surface area contributed by atoms with Gasteiger partial charge in [0, 0.05) is 24.2 Å². The molecule has 0 amide bonds. The van der Waals surface area contributed by atoms with E-state index < -0.39 is 18.6 Å². The fourth-order valence-electron chi connectivity index (χ4n) is 1.79. The lowest BCUT2D eigenvalue weighted by molar-refractivity contribution is -0.136. The second-order valence-corrected chi connectivity index (χ2v) is 4.08. The lowest BCUT2D eigenvalue weighted by atomic mass is 10.0. The molecule has 0 saturated carbocycles. The highest BCUT2D eigenvalue weighted by Crippen LogP contribution is 2.27. The minimum absolute atomic E-state index is 0. The summed E-state index contributed by atoms with van der Waals surface area (Å²) in [5, 5.41) is 0.963. The summed E-state index contributed by atoms with van der Waals surface area (Å²) in [6, 6.07) is 6.72. The van der Waals surface area contributed by atoms with Crippen molar-refractivity contribution in [2.75, 3.05) is 0 Å². The summed E-state index contributed by atoms with van der Waals surface area (Å²) in [7, 11) is 0. The van der Waals surface area contributed by atoms with Crippen LogP contribution in [-0.2, 0) is 0 Å². The van der Waals surface area contributed by atoms with Crippen LogP contribution in [0.2, 0.25) is 0 Å². The van der Waals surface area contributed by atoms with Crippen LogP contribution in [0.25, 0.3) is 10.9 Å². The van der Waals surface area contributed by atoms with E-state index in [1.807, 2.05) is 18.2 Å². The van der Waals surface area contributed by atoms with Crippen molar-refractivity contribution in [1.29, 1.82) is 0 Å². The third-order valence-corrected chi connectivity index (χ3v) is 2.74. The number of nitrogens with one attached hydrogen (secondary N) is 1. The van der Waals surface area contributed by atoms with Gasteiger partial charge in [0.15, 0.2) is 0 Å². The molecule has 2 nitrogen and oxygen atoms in total. The van der Waals surface area contributed by atoms with E-state index in [1.165, 1.54) is 0 Å². The number of alkyl halides is 3. The molecular formula is C12H14ClF3N2. The molecule has 18 heavy (non-hydrogen) atoms. The Labute approximate surface area is 109 Å². The van der Waals surface area contributed by atoms with Crippen molar-refractivity contribution in [3.8, 4) is 0 Å². The molecule has 0 aliphatic heterocycles. The number of H-pyrrole nitrogens is 1. The molecule has 3 N–H and O–H groups in total. The van der Waals surface area contributed by atoms with Gasteiger partial charge in [0.05, 0.1) is 0 Å². The number of fused-ring (bicyclic) bond motifs is 1. The molecule has 6 heteroatoms. The largest absolute Gasteiger partial charge is 0.389 e. The number of halogens is 4. The fraction of sp³-hybridized carbons (Fsp3) is 0.333. The highest BCUT2D eigenvalue weighted by atomic mass is 35.5. The Kier molecular flexibility index (Phi) is 4.65. The number of rotatable bonds is 3. The van der Waals surface area contributed by atoms with Gasteiger partial charge in [-0.05, 0) is 35.6 Å². The Morgan fingerprint density at radius 2 is 1.94 bits per heavy atom. The molecule has 0 fully saturated rings. The van der Waals surface area contributed by atoms with Crippen molar-refractivity contribution in [2.45, 2.75) is 25.1 Å². The Bertz CT molecular complexity index is 507. The second-order valence-electron chi connectivity index (χ2n) is 4.08.